The van der Waals surface area contributed by atoms with E-state index in [1.807, 2.05) is 6.92 Å². The topological polar surface area (TPSA) is 26.3 Å². The molecule has 3 atom stereocenters. The molecule has 0 radical (unpaired) electrons. The number of hydrogen-bond donors (Lipinski definition) is 0. The number of carbonyl (C=O) groups excluding carboxylic acids is 1. The highest BCUT2D eigenvalue weighted by Crippen LogP contribution is 2.56. The van der Waals surface area contributed by atoms with E-state index in [-0.39, 0.29) is 5.97 Å². The highest BCUT2D eigenvalue weighted by atomic mass is 16.5. The fourth-order valence-electron chi connectivity index (χ4n) is 3.22. The van der Waals surface area contributed by atoms with Gasteiger partial charge in [-0.25, -0.2) is 4.79 Å². The van der Waals surface area contributed by atoms with Crippen molar-refractivity contribution in [2.75, 3.05) is 6.61 Å². The fraction of sp³-hybridized carbons (Fsp3) is 0.786. The van der Waals surface area contributed by atoms with Gasteiger partial charge in [-0.2, -0.15) is 0 Å². The van der Waals surface area contributed by atoms with Crippen LogP contribution in [0.2, 0.25) is 0 Å². The second-order valence-electron chi connectivity index (χ2n) is 5.09. The van der Waals surface area contributed by atoms with Gasteiger partial charge in [-0.15, -0.1) is 0 Å². The maximum absolute atomic E-state index is 11.6. The van der Waals surface area contributed by atoms with Gasteiger partial charge in [0.15, 0.2) is 0 Å². The summed E-state index contributed by atoms with van der Waals surface area (Å²) >= 11 is 0. The molecular formula is C14H22O2. The second kappa shape index (κ2) is 5.03. The van der Waals surface area contributed by atoms with Crippen molar-refractivity contribution in [3.63, 3.8) is 0 Å². The summed E-state index contributed by atoms with van der Waals surface area (Å²) in [5.74, 6) is 1.74. The summed E-state index contributed by atoms with van der Waals surface area (Å²) in [6.07, 6.45) is 7.95. The lowest BCUT2D eigenvalue weighted by atomic mass is 10.0. The highest BCUT2D eigenvalue weighted by Gasteiger charge is 2.51. The third-order valence-electron chi connectivity index (χ3n) is 4.10. The van der Waals surface area contributed by atoms with Crippen molar-refractivity contribution in [2.45, 2.75) is 45.4 Å². The quantitative estimate of drug-likeness (QED) is 0.541. The van der Waals surface area contributed by atoms with Crippen LogP contribution < -0.4 is 0 Å². The standard InChI is InChI=1S/C14H22O2/c1-3-16-14(15)10(2)13-11-8-6-4-5-7-9-12(11)13/h11-13H,2-9H2,1H3/t11-,12+,13?. The molecule has 16 heavy (non-hydrogen) atoms. The molecule has 0 heterocycles. The zero-order valence-corrected chi connectivity index (χ0v) is 10.2. The first kappa shape index (κ1) is 11.7. The van der Waals surface area contributed by atoms with Crippen LogP contribution in [0.5, 0.6) is 0 Å². The maximum Gasteiger partial charge on any atom is 0.333 e. The van der Waals surface area contributed by atoms with Crippen LogP contribution in [0.15, 0.2) is 12.2 Å². The van der Waals surface area contributed by atoms with Gasteiger partial charge in [0.05, 0.1) is 6.61 Å². The van der Waals surface area contributed by atoms with Crippen LogP contribution in [0.4, 0.5) is 0 Å². The minimum atomic E-state index is -0.167. The van der Waals surface area contributed by atoms with Crippen molar-refractivity contribution in [1.82, 2.24) is 0 Å². The molecule has 0 amide bonds. The normalized spacial score (nSPS) is 33.2. The number of fused-ring (bicyclic) bond motifs is 1. The number of carbonyl (C=O) groups is 1. The number of hydrogen-bond acceptors (Lipinski definition) is 2. The van der Waals surface area contributed by atoms with E-state index in [0.29, 0.717) is 12.5 Å². The van der Waals surface area contributed by atoms with E-state index in [9.17, 15) is 4.79 Å². The first-order chi connectivity index (χ1) is 7.75. The molecule has 0 saturated heterocycles. The van der Waals surface area contributed by atoms with Crippen molar-refractivity contribution in [3.8, 4) is 0 Å². The van der Waals surface area contributed by atoms with Crippen molar-refractivity contribution in [2.24, 2.45) is 17.8 Å². The Bertz CT molecular complexity index is 268. The largest absolute Gasteiger partial charge is 0.463 e. The predicted molar refractivity (Wildman–Crippen MR) is 63.9 cm³/mol. The van der Waals surface area contributed by atoms with Crippen LogP contribution >= 0.6 is 0 Å². The lowest BCUT2D eigenvalue weighted by Gasteiger charge is -2.05. The van der Waals surface area contributed by atoms with Gasteiger partial charge in [-0.1, -0.05) is 32.3 Å². The zero-order chi connectivity index (χ0) is 11.5. The van der Waals surface area contributed by atoms with E-state index in [2.05, 4.69) is 6.58 Å². The monoisotopic (exact) mass is 222 g/mol. The Balaban J connectivity index is 1.91. The molecule has 2 fully saturated rings. The van der Waals surface area contributed by atoms with Gasteiger partial charge in [0.2, 0.25) is 0 Å². The van der Waals surface area contributed by atoms with Crippen LogP contribution in [0.3, 0.4) is 0 Å². The fourth-order valence-corrected chi connectivity index (χ4v) is 3.22. The van der Waals surface area contributed by atoms with E-state index in [0.717, 1.165) is 17.4 Å². The number of ether oxygens (including phenoxy) is 1. The average Bonchev–Trinajstić information content (AvgIpc) is 2.89. The summed E-state index contributed by atoms with van der Waals surface area (Å²) in [4.78, 5) is 11.6. The Morgan fingerprint density at radius 1 is 1.19 bits per heavy atom. The Morgan fingerprint density at radius 3 is 2.25 bits per heavy atom. The molecule has 0 aliphatic heterocycles. The van der Waals surface area contributed by atoms with Crippen molar-refractivity contribution < 1.29 is 9.53 Å². The van der Waals surface area contributed by atoms with E-state index in [1.54, 1.807) is 0 Å². The van der Waals surface area contributed by atoms with Gasteiger partial charge in [0, 0.05) is 5.57 Å². The van der Waals surface area contributed by atoms with E-state index < -0.39 is 0 Å². The molecule has 2 nitrogen and oxygen atoms in total. The van der Waals surface area contributed by atoms with E-state index in [4.69, 9.17) is 4.74 Å². The van der Waals surface area contributed by atoms with Crippen molar-refractivity contribution in [1.29, 1.82) is 0 Å². The Hall–Kier alpha value is -0.790. The minimum absolute atomic E-state index is 0.167. The Labute approximate surface area is 98.1 Å². The predicted octanol–water partition coefficient (Wildman–Crippen LogP) is 3.32. The first-order valence-electron chi connectivity index (χ1n) is 6.61. The van der Waals surface area contributed by atoms with Crippen molar-refractivity contribution >= 4 is 5.97 Å². The Morgan fingerprint density at radius 2 is 1.75 bits per heavy atom. The lowest BCUT2D eigenvalue weighted by molar-refractivity contribution is -0.138. The average molecular weight is 222 g/mol. The summed E-state index contributed by atoms with van der Waals surface area (Å²) in [5.41, 5.74) is 0.735. The van der Waals surface area contributed by atoms with Gasteiger partial charge in [0.1, 0.15) is 0 Å². The zero-order valence-electron chi connectivity index (χ0n) is 10.2. The second-order valence-corrected chi connectivity index (χ2v) is 5.09. The lowest BCUT2D eigenvalue weighted by Crippen LogP contribution is -2.09. The van der Waals surface area contributed by atoms with Gasteiger partial charge in [-0.3, -0.25) is 0 Å². The van der Waals surface area contributed by atoms with Crippen LogP contribution in [0.25, 0.3) is 0 Å². The van der Waals surface area contributed by atoms with Crippen LogP contribution in [-0.2, 0) is 9.53 Å². The number of esters is 1. The summed E-state index contributed by atoms with van der Waals surface area (Å²) in [7, 11) is 0. The van der Waals surface area contributed by atoms with Crippen LogP contribution in [0, 0.1) is 17.8 Å². The molecule has 2 saturated carbocycles. The molecule has 0 aromatic carbocycles. The third kappa shape index (κ3) is 2.31. The summed E-state index contributed by atoms with van der Waals surface area (Å²) < 4.78 is 5.04. The smallest absolute Gasteiger partial charge is 0.333 e. The SMILES string of the molecule is C=C(C(=O)OCC)C1[C@H]2CCCCCC[C@@H]12. The summed E-state index contributed by atoms with van der Waals surface area (Å²) in [5, 5.41) is 0. The van der Waals surface area contributed by atoms with Gasteiger partial charge in [-0.05, 0) is 37.5 Å². The molecule has 2 aliphatic rings. The van der Waals surface area contributed by atoms with Crippen LogP contribution in [-0.4, -0.2) is 12.6 Å². The van der Waals surface area contributed by atoms with Gasteiger partial charge in [0.25, 0.3) is 0 Å². The molecule has 0 spiro atoms. The molecule has 0 bridgehead atoms. The first-order valence-corrected chi connectivity index (χ1v) is 6.61. The summed E-state index contributed by atoms with van der Waals surface area (Å²) in [6, 6.07) is 0. The number of rotatable bonds is 3. The molecule has 2 aliphatic carbocycles. The van der Waals surface area contributed by atoms with Crippen molar-refractivity contribution in [3.05, 3.63) is 12.2 Å². The summed E-state index contributed by atoms with van der Waals surface area (Å²) in [6.45, 7) is 6.25. The van der Waals surface area contributed by atoms with E-state index >= 15 is 0 Å². The third-order valence-corrected chi connectivity index (χ3v) is 4.10. The van der Waals surface area contributed by atoms with E-state index in [1.165, 1.54) is 38.5 Å². The highest BCUT2D eigenvalue weighted by molar-refractivity contribution is 5.89. The molecule has 90 valence electrons. The molecule has 1 unspecified atom stereocenters. The molecule has 2 heteroatoms. The molecule has 0 N–H and O–H groups in total. The van der Waals surface area contributed by atoms with Gasteiger partial charge < -0.3 is 4.74 Å². The van der Waals surface area contributed by atoms with Crippen LogP contribution in [0.1, 0.15) is 45.4 Å². The van der Waals surface area contributed by atoms with Gasteiger partial charge >= 0.3 is 5.97 Å². The molecule has 0 aromatic rings. The Kier molecular flexibility index (Phi) is 3.67. The maximum atomic E-state index is 11.6. The molecular weight excluding hydrogens is 200 g/mol. The molecule has 2 rings (SSSR count). The minimum Gasteiger partial charge on any atom is -0.463 e. The molecule has 0 aromatic heterocycles.